The standard InChI is InChI=1S/C18H22N4O2/c1-24-17-5-3-2-4-14(17)10-18(23)21-9-8-15(11-21)22-12-16(19-20-22)13-6-7-13/h2-5,12-13,15H,6-11H2,1H3. The largest absolute Gasteiger partial charge is 0.496 e. The summed E-state index contributed by atoms with van der Waals surface area (Å²) < 4.78 is 7.29. The van der Waals surface area contributed by atoms with Crippen LogP contribution in [0.4, 0.5) is 0 Å². The Morgan fingerprint density at radius 2 is 2.12 bits per heavy atom. The van der Waals surface area contributed by atoms with Gasteiger partial charge in [0.1, 0.15) is 5.75 Å². The Bertz CT molecular complexity index is 738. The van der Waals surface area contributed by atoms with Crippen molar-refractivity contribution in [1.82, 2.24) is 19.9 Å². The molecule has 1 amide bonds. The Morgan fingerprint density at radius 3 is 2.92 bits per heavy atom. The van der Waals surface area contributed by atoms with Crippen LogP contribution in [0.3, 0.4) is 0 Å². The van der Waals surface area contributed by atoms with Crippen LogP contribution in [0.1, 0.15) is 42.5 Å². The molecule has 0 spiro atoms. The summed E-state index contributed by atoms with van der Waals surface area (Å²) in [6, 6.07) is 7.94. The van der Waals surface area contributed by atoms with Gasteiger partial charge in [-0.1, -0.05) is 23.4 Å². The summed E-state index contributed by atoms with van der Waals surface area (Å²) >= 11 is 0. The van der Waals surface area contributed by atoms with Gasteiger partial charge in [-0.15, -0.1) is 5.10 Å². The molecule has 1 aromatic carbocycles. The van der Waals surface area contributed by atoms with Crippen molar-refractivity contribution in [3.8, 4) is 5.75 Å². The van der Waals surface area contributed by atoms with Crippen LogP contribution in [0.15, 0.2) is 30.5 Å². The third-order valence-corrected chi connectivity index (χ3v) is 4.95. The highest BCUT2D eigenvalue weighted by atomic mass is 16.5. The fourth-order valence-electron chi connectivity index (χ4n) is 3.34. The zero-order valence-electron chi connectivity index (χ0n) is 13.9. The van der Waals surface area contributed by atoms with Gasteiger partial charge < -0.3 is 9.64 Å². The number of hydrogen-bond acceptors (Lipinski definition) is 4. The first-order chi connectivity index (χ1) is 11.7. The highest BCUT2D eigenvalue weighted by Gasteiger charge is 2.31. The number of methoxy groups -OCH3 is 1. The molecule has 0 radical (unpaired) electrons. The highest BCUT2D eigenvalue weighted by Crippen LogP contribution is 2.39. The summed E-state index contributed by atoms with van der Waals surface area (Å²) in [5.41, 5.74) is 2.04. The molecule has 0 bridgehead atoms. The first kappa shape index (κ1) is 15.2. The van der Waals surface area contributed by atoms with Crippen molar-refractivity contribution in [1.29, 1.82) is 0 Å². The van der Waals surface area contributed by atoms with Crippen molar-refractivity contribution in [2.75, 3.05) is 20.2 Å². The molecular formula is C18H22N4O2. The van der Waals surface area contributed by atoms with Crippen molar-refractivity contribution in [3.05, 3.63) is 41.7 Å². The molecule has 2 aromatic rings. The van der Waals surface area contributed by atoms with Crippen LogP contribution >= 0.6 is 0 Å². The molecule has 2 aliphatic rings. The van der Waals surface area contributed by atoms with Crippen LogP contribution < -0.4 is 4.74 Å². The summed E-state index contributed by atoms with van der Waals surface area (Å²) in [7, 11) is 1.64. The average Bonchev–Trinajstić information content (AvgIpc) is 3.13. The molecule has 0 N–H and O–H groups in total. The number of carbonyl (C=O) groups is 1. The third kappa shape index (κ3) is 3.00. The van der Waals surface area contributed by atoms with E-state index in [0.717, 1.165) is 30.0 Å². The predicted octanol–water partition coefficient (Wildman–Crippen LogP) is 2.18. The molecule has 4 rings (SSSR count). The number of benzene rings is 1. The number of hydrogen-bond donors (Lipinski definition) is 0. The van der Waals surface area contributed by atoms with Crippen LogP contribution in [-0.4, -0.2) is 46.0 Å². The van der Waals surface area contributed by atoms with Gasteiger partial charge in [0.15, 0.2) is 0 Å². The number of nitrogens with zero attached hydrogens (tertiary/aromatic N) is 4. The molecule has 1 unspecified atom stereocenters. The molecule has 1 aliphatic heterocycles. The third-order valence-electron chi connectivity index (χ3n) is 4.95. The van der Waals surface area contributed by atoms with Crippen molar-refractivity contribution >= 4 is 5.91 Å². The lowest BCUT2D eigenvalue weighted by molar-refractivity contribution is -0.129. The van der Waals surface area contributed by atoms with E-state index in [2.05, 4.69) is 16.5 Å². The Morgan fingerprint density at radius 1 is 1.29 bits per heavy atom. The summed E-state index contributed by atoms with van der Waals surface area (Å²) in [5, 5.41) is 8.55. The van der Waals surface area contributed by atoms with Crippen molar-refractivity contribution in [2.24, 2.45) is 0 Å². The SMILES string of the molecule is COc1ccccc1CC(=O)N1CCC(n2cc(C3CC3)nn2)C1. The quantitative estimate of drug-likeness (QED) is 0.845. The number of ether oxygens (including phenoxy) is 1. The average molecular weight is 326 g/mol. The predicted molar refractivity (Wildman–Crippen MR) is 88.9 cm³/mol. The number of aromatic nitrogens is 3. The van der Waals surface area contributed by atoms with E-state index >= 15 is 0 Å². The van der Waals surface area contributed by atoms with Crippen molar-refractivity contribution in [3.63, 3.8) is 0 Å². The molecule has 126 valence electrons. The number of para-hydroxylation sites is 1. The summed E-state index contributed by atoms with van der Waals surface area (Å²) in [6.45, 7) is 1.48. The molecule has 1 aliphatic carbocycles. The van der Waals surface area contributed by atoms with E-state index < -0.39 is 0 Å². The lowest BCUT2D eigenvalue weighted by atomic mass is 10.1. The molecule has 2 fully saturated rings. The maximum atomic E-state index is 12.6. The van der Waals surface area contributed by atoms with Crippen LogP contribution in [0.2, 0.25) is 0 Å². The van der Waals surface area contributed by atoms with E-state index in [1.807, 2.05) is 33.8 Å². The molecule has 1 saturated heterocycles. The number of carbonyl (C=O) groups excluding carboxylic acids is 1. The van der Waals surface area contributed by atoms with Gasteiger partial charge >= 0.3 is 0 Å². The second kappa shape index (κ2) is 6.26. The molecule has 1 atom stereocenters. The Hall–Kier alpha value is -2.37. The van der Waals surface area contributed by atoms with E-state index in [9.17, 15) is 4.79 Å². The zero-order valence-corrected chi connectivity index (χ0v) is 13.9. The van der Waals surface area contributed by atoms with E-state index in [0.29, 0.717) is 18.9 Å². The van der Waals surface area contributed by atoms with E-state index in [4.69, 9.17) is 4.74 Å². The van der Waals surface area contributed by atoms with E-state index in [1.54, 1.807) is 7.11 Å². The van der Waals surface area contributed by atoms with Gasteiger partial charge in [0, 0.05) is 30.8 Å². The fraction of sp³-hybridized carbons (Fsp3) is 0.500. The minimum Gasteiger partial charge on any atom is -0.496 e. The lowest BCUT2D eigenvalue weighted by Crippen LogP contribution is -2.30. The van der Waals surface area contributed by atoms with Crippen molar-refractivity contribution in [2.45, 2.75) is 37.6 Å². The second-order valence-electron chi connectivity index (χ2n) is 6.67. The Balaban J connectivity index is 1.39. The topological polar surface area (TPSA) is 60.2 Å². The maximum absolute atomic E-state index is 12.6. The Kier molecular flexibility index (Phi) is 3.96. The highest BCUT2D eigenvalue weighted by molar-refractivity contribution is 5.79. The molecule has 24 heavy (non-hydrogen) atoms. The maximum Gasteiger partial charge on any atom is 0.227 e. The normalized spacial score (nSPS) is 20.4. The molecular weight excluding hydrogens is 304 g/mol. The second-order valence-corrected chi connectivity index (χ2v) is 6.67. The number of rotatable bonds is 5. The van der Waals surface area contributed by atoms with Crippen LogP contribution in [0, 0.1) is 0 Å². The molecule has 6 nitrogen and oxygen atoms in total. The first-order valence-electron chi connectivity index (χ1n) is 8.56. The summed E-state index contributed by atoms with van der Waals surface area (Å²) in [5.74, 6) is 1.53. The van der Waals surface area contributed by atoms with Gasteiger partial charge in [-0.2, -0.15) is 0 Å². The molecule has 1 saturated carbocycles. The van der Waals surface area contributed by atoms with Gasteiger partial charge in [-0.25, -0.2) is 4.68 Å². The van der Waals surface area contributed by atoms with Crippen LogP contribution in [-0.2, 0) is 11.2 Å². The number of likely N-dealkylation sites (tertiary alicyclic amines) is 1. The van der Waals surface area contributed by atoms with Gasteiger partial charge in [-0.3, -0.25) is 4.79 Å². The van der Waals surface area contributed by atoms with Crippen molar-refractivity contribution < 1.29 is 9.53 Å². The summed E-state index contributed by atoms with van der Waals surface area (Å²) in [6.07, 6.45) is 5.84. The van der Waals surface area contributed by atoms with Gasteiger partial charge in [0.2, 0.25) is 5.91 Å². The zero-order chi connectivity index (χ0) is 16.5. The monoisotopic (exact) mass is 326 g/mol. The molecule has 2 heterocycles. The lowest BCUT2D eigenvalue weighted by Gasteiger charge is -2.17. The number of amides is 1. The van der Waals surface area contributed by atoms with Gasteiger partial charge in [0.05, 0.1) is 25.3 Å². The first-order valence-corrected chi connectivity index (χ1v) is 8.56. The minimum atomic E-state index is 0.143. The van der Waals surface area contributed by atoms with Crippen LogP contribution in [0.25, 0.3) is 0 Å². The summed E-state index contributed by atoms with van der Waals surface area (Å²) in [4.78, 5) is 14.5. The smallest absolute Gasteiger partial charge is 0.227 e. The van der Waals surface area contributed by atoms with Crippen LogP contribution in [0.5, 0.6) is 5.75 Å². The molecule has 6 heteroatoms. The van der Waals surface area contributed by atoms with Gasteiger partial charge in [-0.05, 0) is 25.3 Å². The minimum absolute atomic E-state index is 0.143. The van der Waals surface area contributed by atoms with Gasteiger partial charge in [0.25, 0.3) is 0 Å². The van der Waals surface area contributed by atoms with E-state index in [1.165, 1.54) is 12.8 Å². The fourth-order valence-corrected chi connectivity index (χ4v) is 3.34. The Labute approximate surface area is 141 Å². The van der Waals surface area contributed by atoms with E-state index in [-0.39, 0.29) is 11.9 Å². The molecule has 1 aromatic heterocycles.